The van der Waals surface area contributed by atoms with Crippen molar-refractivity contribution in [3.63, 3.8) is 0 Å². The van der Waals surface area contributed by atoms with E-state index in [0.717, 1.165) is 49.3 Å². The van der Waals surface area contributed by atoms with E-state index in [9.17, 15) is 25.9 Å². The molecule has 0 heterocycles. The molecular weight excluding hydrogens is 1310 g/mol. The standard InChI is InChI=1S/2C42H72O3S.Ba/c2*1-3-5-7-9-11-13-15-17-19-21-23-25-27-29-32-38-36-40-34-31-35-42(46(43,44)45)41(40)37-39(38)33-30-28-26-24-22-20-18-16-14-12-10-8-6-4-2;/h2*31,34-37H,3-30,32-33H2,1-2H3,(H,43,44,45);/q;;+2/p-2. The first-order valence-electron chi connectivity index (χ1n) is 39.9. The Balaban J connectivity index is 0.000000627. The molecule has 0 spiro atoms. The van der Waals surface area contributed by atoms with Crippen molar-refractivity contribution in [2.75, 3.05) is 0 Å². The van der Waals surface area contributed by atoms with Crippen LogP contribution in [0.2, 0.25) is 0 Å². The van der Waals surface area contributed by atoms with Gasteiger partial charge >= 0.3 is 48.9 Å². The van der Waals surface area contributed by atoms with Crippen LogP contribution in [0.4, 0.5) is 0 Å². The quantitative estimate of drug-likeness (QED) is 0.0247. The van der Waals surface area contributed by atoms with Crippen LogP contribution in [0.15, 0.2) is 70.5 Å². The second-order valence-electron chi connectivity index (χ2n) is 28.5. The molecular formula is C84H142BaO6S2. The molecule has 4 aromatic rings. The van der Waals surface area contributed by atoms with Gasteiger partial charge in [0.25, 0.3) is 0 Å². The van der Waals surface area contributed by atoms with Crippen LogP contribution in [0.1, 0.15) is 410 Å². The van der Waals surface area contributed by atoms with Gasteiger partial charge in [-0.3, -0.25) is 0 Å². The van der Waals surface area contributed by atoms with Gasteiger partial charge in [0, 0.05) is 0 Å². The van der Waals surface area contributed by atoms with Crippen LogP contribution in [0.25, 0.3) is 21.5 Å². The van der Waals surface area contributed by atoms with Gasteiger partial charge in [-0.25, -0.2) is 16.8 Å². The molecule has 9 heteroatoms. The molecule has 0 aliphatic carbocycles. The third kappa shape index (κ3) is 44.5. The molecule has 0 unspecified atom stereocenters. The minimum absolute atomic E-state index is 0. The summed E-state index contributed by atoms with van der Waals surface area (Å²) in [5, 5.41) is 2.95. The summed E-state index contributed by atoms with van der Waals surface area (Å²) in [6.07, 6.45) is 79.7. The van der Waals surface area contributed by atoms with E-state index in [1.54, 1.807) is 12.1 Å². The van der Waals surface area contributed by atoms with Gasteiger partial charge in [-0.2, -0.15) is 0 Å². The van der Waals surface area contributed by atoms with Gasteiger partial charge in [0.15, 0.2) is 0 Å². The van der Waals surface area contributed by atoms with Crippen molar-refractivity contribution in [3.8, 4) is 0 Å². The monoisotopic (exact) mass is 1450 g/mol. The SMILES string of the molecule is CCCCCCCCCCCCCCCCc1cc2cccc(S(=O)(=O)[O-])c2cc1CCCCCCCCCCCCCCCC.CCCCCCCCCCCCCCCCc1cc2cccc(S(=O)(=O)[O-])c2cc1CCCCCCCCCCCCCCCC.[Ba+2]. The van der Waals surface area contributed by atoms with E-state index in [1.165, 1.54) is 381 Å². The number of rotatable bonds is 62. The van der Waals surface area contributed by atoms with Crippen LogP contribution in [-0.4, -0.2) is 74.8 Å². The van der Waals surface area contributed by atoms with Crippen molar-refractivity contribution in [2.24, 2.45) is 0 Å². The molecule has 0 fully saturated rings. The van der Waals surface area contributed by atoms with Gasteiger partial charge in [-0.15, -0.1) is 0 Å². The fourth-order valence-corrected chi connectivity index (χ4v) is 15.6. The zero-order valence-electron chi connectivity index (χ0n) is 61.2. The Morgan fingerprint density at radius 3 is 0.570 bits per heavy atom. The summed E-state index contributed by atoms with van der Waals surface area (Å²) in [5.41, 5.74) is 5.19. The fourth-order valence-electron chi connectivity index (χ4n) is 14.2. The maximum atomic E-state index is 12.0. The molecule has 93 heavy (non-hydrogen) atoms. The Morgan fingerprint density at radius 2 is 0.398 bits per heavy atom. The molecule has 0 bridgehead atoms. The maximum absolute atomic E-state index is 12.0. The summed E-state index contributed by atoms with van der Waals surface area (Å²) < 4.78 is 72.0. The van der Waals surface area contributed by atoms with E-state index in [1.807, 2.05) is 24.3 Å². The molecule has 0 radical (unpaired) electrons. The van der Waals surface area contributed by atoms with Gasteiger partial charge < -0.3 is 9.11 Å². The molecule has 0 N–H and O–H groups in total. The van der Waals surface area contributed by atoms with E-state index in [2.05, 4.69) is 39.8 Å². The van der Waals surface area contributed by atoms with Gasteiger partial charge in [-0.05, 0) is 119 Å². The average Bonchev–Trinajstić information content (AvgIpc) is 0.878. The summed E-state index contributed by atoms with van der Waals surface area (Å²) in [6, 6.07) is 18.7. The van der Waals surface area contributed by atoms with Gasteiger partial charge in [-0.1, -0.05) is 398 Å². The topological polar surface area (TPSA) is 114 Å². The van der Waals surface area contributed by atoms with Crippen LogP contribution in [0, 0.1) is 0 Å². The molecule has 0 aliphatic heterocycles. The average molecular weight is 1450 g/mol. The number of unbranched alkanes of at least 4 members (excludes halogenated alkanes) is 52. The minimum atomic E-state index is -4.50. The van der Waals surface area contributed by atoms with E-state index >= 15 is 0 Å². The predicted molar refractivity (Wildman–Crippen MR) is 406 cm³/mol. The van der Waals surface area contributed by atoms with Crippen LogP contribution < -0.4 is 0 Å². The fraction of sp³-hybridized carbons (Fsp3) is 0.762. The third-order valence-corrected chi connectivity index (χ3v) is 21.8. The number of hydrogen-bond acceptors (Lipinski definition) is 6. The Kier molecular flexibility index (Phi) is 56.4. The zero-order valence-corrected chi connectivity index (χ0v) is 67.2. The first kappa shape index (κ1) is 87.9. The van der Waals surface area contributed by atoms with Gasteiger partial charge in [0.2, 0.25) is 0 Å². The van der Waals surface area contributed by atoms with E-state index in [4.69, 9.17) is 0 Å². The molecule has 4 rings (SSSR count). The van der Waals surface area contributed by atoms with E-state index < -0.39 is 20.2 Å². The third-order valence-electron chi connectivity index (χ3n) is 20.1. The van der Waals surface area contributed by atoms with Crippen molar-refractivity contribution in [1.82, 2.24) is 0 Å². The van der Waals surface area contributed by atoms with Crippen LogP contribution in [0.5, 0.6) is 0 Å². The Hall–Kier alpha value is -1.21. The summed E-state index contributed by atoms with van der Waals surface area (Å²) in [7, 11) is -9.00. The first-order chi connectivity index (χ1) is 44.9. The van der Waals surface area contributed by atoms with Crippen molar-refractivity contribution < 1.29 is 25.9 Å². The van der Waals surface area contributed by atoms with Gasteiger partial charge in [0.05, 0.1) is 9.79 Å². The Bertz CT molecular complexity index is 2430. The second-order valence-corrected chi connectivity index (χ2v) is 31.2. The van der Waals surface area contributed by atoms with Crippen LogP contribution in [-0.2, 0) is 45.9 Å². The molecule has 0 saturated heterocycles. The number of benzene rings is 4. The summed E-state index contributed by atoms with van der Waals surface area (Å²) in [5.74, 6) is 0. The molecule has 0 aliphatic rings. The summed E-state index contributed by atoms with van der Waals surface area (Å²) >= 11 is 0. The van der Waals surface area contributed by atoms with Crippen LogP contribution in [0.3, 0.4) is 0 Å². The van der Waals surface area contributed by atoms with Crippen molar-refractivity contribution >= 4 is 90.7 Å². The Labute approximate surface area is 616 Å². The normalized spacial score (nSPS) is 11.8. The Morgan fingerprint density at radius 1 is 0.237 bits per heavy atom. The number of hydrogen-bond donors (Lipinski definition) is 0. The molecule has 6 nitrogen and oxygen atoms in total. The summed E-state index contributed by atoms with van der Waals surface area (Å²) in [4.78, 5) is -0.148. The molecule has 528 valence electrons. The first-order valence-corrected chi connectivity index (χ1v) is 42.8. The number of fused-ring (bicyclic) bond motifs is 2. The molecule has 0 amide bonds. The minimum Gasteiger partial charge on any atom is -0.744 e. The summed E-state index contributed by atoms with van der Waals surface area (Å²) in [6.45, 7) is 9.13. The van der Waals surface area contributed by atoms with Crippen LogP contribution >= 0.6 is 0 Å². The zero-order chi connectivity index (χ0) is 66.3. The molecule has 0 aromatic heterocycles. The van der Waals surface area contributed by atoms with E-state index in [0.29, 0.717) is 10.8 Å². The predicted octanol–water partition coefficient (Wildman–Crippen LogP) is 27.2. The largest absolute Gasteiger partial charge is 2.00 e. The van der Waals surface area contributed by atoms with Crippen molar-refractivity contribution in [2.45, 2.75) is 423 Å². The molecule has 4 aromatic carbocycles. The second kappa shape index (κ2) is 59.6. The van der Waals surface area contributed by atoms with Gasteiger partial charge in [0.1, 0.15) is 20.2 Å². The van der Waals surface area contributed by atoms with Crippen molar-refractivity contribution in [3.05, 3.63) is 82.9 Å². The van der Waals surface area contributed by atoms with E-state index in [-0.39, 0.29) is 58.7 Å². The van der Waals surface area contributed by atoms with Crippen molar-refractivity contribution in [1.29, 1.82) is 0 Å². The molecule has 0 saturated carbocycles. The maximum Gasteiger partial charge on any atom is 2.00 e. The molecule has 0 atom stereocenters. The number of aryl methyl sites for hydroxylation is 4. The smallest absolute Gasteiger partial charge is 0.744 e.